The first kappa shape index (κ1) is 14.2. The van der Waals surface area contributed by atoms with Crippen molar-refractivity contribution in [1.29, 1.82) is 0 Å². The van der Waals surface area contributed by atoms with Crippen molar-refractivity contribution in [2.24, 2.45) is 5.92 Å². The Morgan fingerprint density at radius 1 is 1.45 bits per heavy atom. The quantitative estimate of drug-likeness (QED) is 0.640. The first-order valence-corrected chi connectivity index (χ1v) is 5.99. The predicted octanol–water partition coefficient (Wildman–Crippen LogP) is 2.17. The third-order valence-electron chi connectivity index (χ3n) is 3.06. The third-order valence-corrected chi connectivity index (χ3v) is 3.06. The number of carboxylic acid groups (broad SMARTS) is 1. The zero-order valence-electron chi connectivity index (χ0n) is 10.4. The van der Waals surface area contributed by atoms with Gasteiger partial charge in [0.05, 0.1) is 4.92 Å². The van der Waals surface area contributed by atoms with E-state index in [1.165, 1.54) is 0 Å². The van der Waals surface area contributed by atoms with Gasteiger partial charge in [0.15, 0.2) is 17.3 Å². The van der Waals surface area contributed by atoms with Crippen LogP contribution in [0.4, 0.5) is 20.2 Å². The van der Waals surface area contributed by atoms with Crippen LogP contribution in [0.2, 0.25) is 0 Å². The Morgan fingerprint density at radius 2 is 2.10 bits per heavy atom. The molecule has 0 atom stereocenters. The van der Waals surface area contributed by atoms with E-state index in [2.05, 4.69) is 0 Å². The van der Waals surface area contributed by atoms with Crippen LogP contribution in [0, 0.1) is 27.7 Å². The van der Waals surface area contributed by atoms with Gasteiger partial charge in [0.1, 0.15) is 6.54 Å². The standard InChI is InChI=1S/C12H12F2N2O4/c13-8-3-4-9(16(19)20)12(11(8)14)15(6-10(17)18)5-7-1-2-7/h3-4,7H,1-2,5-6H2,(H,17,18). The molecule has 108 valence electrons. The molecule has 1 aromatic carbocycles. The van der Waals surface area contributed by atoms with Gasteiger partial charge in [-0.1, -0.05) is 0 Å². The number of carboxylic acids is 1. The van der Waals surface area contributed by atoms with E-state index in [-0.39, 0.29) is 12.5 Å². The maximum atomic E-state index is 13.9. The molecule has 20 heavy (non-hydrogen) atoms. The van der Waals surface area contributed by atoms with Gasteiger partial charge < -0.3 is 10.0 Å². The van der Waals surface area contributed by atoms with Crippen LogP contribution in [-0.4, -0.2) is 29.1 Å². The summed E-state index contributed by atoms with van der Waals surface area (Å²) in [6.07, 6.45) is 1.70. The van der Waals surface area contributed by atoms with Crippen molar-refractivity contribution in [3.05, 3.63) is 33.9 Å². The molecule has 0 heterocycles. The molecule has 2 rings (SSSR count). The van der Waals surface area contributed by atoms with Crippen LogP contribution in [-0.2, 0) is 4.79 Å². The van der Waals surface area contributed by atoms with Gasteiger partial charge in [-0.3, -0.25) is 14.9 Å². The van der Waals surface area contributed by atoms with E-state index < -0.39 is 40.4 Å². The molecule has 0 saturated heterocycles. The Morgan fingerprint density at radius 3 is 2.60 bits per heavy atom. The minimum Gasteiger partial charge on any atom is -0.480 e. The number of hydrogen-bond donors (Lipinski definition) is 1. The van der Waals surface area contributed by atoms with Crippen LogP contribution in [0.25, 0.3) is 0 Å². The van der Waals surface area contributed by atoms with Crippen molar-refractivity contribution in [2.75, 3.05) is 18.0 Å². The fourth-order valence-corrected chi connectivity index (χ4v) is 1.99. The Bertz CT molecular complexity index is 561. The first-order valence-electron chi connectivity index (χ1n) is 5.99. The number of benzene rings is 1. The number of hydrogen-bond acceptors (Lipinski definition) is 4. The smallest absolute Gasteiger partial charge is 0.323 e. The minimum absolute atomic E-state index is 0.160. The Balaban J connectivity index is 2.45. The Kier molecular flexibility index (Phi) is 3.82. The number of halogens is 2. The molecule has 8 heteroatoms. The van der Waals surface area contributed by atoms with E-state index in [1.807, 2.05) is 0 Å². The molecule has 0 aromatic heterocycles. The first-order chi connectivity index (χ1) is 9.40. The maximum absolute atomic E-state index is 13.9. The lowest BCUT2D eigenvalue weighted by molar-refractivity contribution is -0.384. The second kappa shape index (κ2) is 5.40. The van der Waals surface area contributed by atoms with Crippen LogP contribution in [0.5, 0.6) is 0 Å². The molecule has 1 N–H and O–H groups in total. The fraction of sp³-hybridized carbons (Fsp3) is 0.417. The molecular weight excluding hydrogens is 274 g/mol. The number of aliphatic carboxylic acids is 1. The van der Waals surface area contributed by atoms with Crippen molar-refractivity contribution in [3.63, 3.8) is 0 Å². The third kappa shape index (κ3) is 3.01. The van der Waals surface area contributed by atoms with Gasteiger partial charge in [0.2, 0.25) is 0 Å². The summed E-state index contributed by atoms with van der Waals surface area (Å²) in [6, 6.07) is 1.50. The largest absolute Gasteiger partial charge is 0.480 e. The second-order valence-corrected chi connectivity index (χ2v) is 4.70. The van der Waals surface area contributed by atoms with Gasteiger partial charge in [-0.05, 0) is 24.8 Å². The van der Waals surface area contributed by atoms with Gasteiger partial charge in [0, 0.05) is 12.6 Å². The van der Waals surface area contributed by atoms with Crippen molar-refractivity contribution >= 4 is 17.3 Å². The Hall–Kier alpha value is -2.25. The molecular formula is C12H12F2N2O4. The molecule has 1 aliphatic rings. The molecule has 0 amide bonds. The summed E-state index contributed by atoms with van der Waals surface area (Å²) >= 11 is 0. The topological polar surface area (TPSA) is 83.7 Å². The van der Waals surface area contributed by atoms with Gasteiger partial charge in [0.25, 0.3) is 5.69 Å². The highest BCUT2D eigenvalue weighted by molar-refractivity contribution is 5.76. The number of nitro groups is 1. The van der Waals surface area contributed by atoms with Crippen molar-refractivity contribution in [1.82, 2.24) is 0 Å². The van der Waals surface area contributed by atoms with Gasteiger partial charge in [-0.25, -0.2) is 8.78 Å². The van der Waals surface area contributed by atoms with Gasteiger partial charge in [-0.2, -0.15) is 0 Å². The van der Waals surface area contributed by atoms with E-state index in [9.17, 15) is 23.7 Å². The van der Waals surface area contributed by atoms with Crippen LogP contribution >= 0.6 is 0 Å². The average Bonchev–Trinajstić information content (AvgIpc) is 3.14. The molecule has 1 fully saturated rings. The van der Waals surface area contributed by atoms with E-state index >= 15 is 0 Å². The molecule has 0 bridgehead atoms. The zero-order valence-corrected chi connectivity index (χ0v) is 10.4. The van der Waals surface area contributed by atoms with Gasteiger partial charge in [-0.15, -0.1) is 0 Å². The normalized spacial score (nSPS) is 14.1. The number of anilines is 1. The lowest BCUT2D eigenvalue weighted by atomic mass is 10.2. The molecule has 0 radical (unpaired) electrons. The van der Waals surface area contributed by atoms with Crippen LogP contribution in [0.3, 0.4) is 0 Å². The summed E-state index contributed by atoms with van der Waals surface area (Å²) < 4.78 is 27.2. The highest BCUT2D eigenvalue weighted by Crippen LogP contribution is 2.36. The summed E-state index contributed by atoms with van der Waals surface area (Å²) in [6.45, 7) is -0.453. The summed E-state index contributed by atoms with van der Waals surface area (Å²) in [5, 5.41) is 19.8. The summed E-state index contributed by atoms with van der Waals surface area (Å²) in [4.78, 5) is 21.9. The van der Waals surface area contributed by atoms with Crippen molar-refractivity contribution in [3.8, 4) is 0 Å². The van der Waals surface area contributed by atoms with E-state index in [4.69, 9.17) is 5.11 Å². The highest BCUT2D eigenvalue weighted by atomic mass is 19.2. The van der Waals surface area contributed by atoms with Crippen LogP contribution in [0.1, 0.15) is 12.8 Å². The number of nitro benzene ring substituents is 1. The minimum atomic E-state index is -1.39. The Labute approximate surface area is 112 Å². The predicted molar refractivity (Wildman–Crippen MR) is 65.6 cm³/mol. The van der Waals surface area contributed by atoms with Crippen LogP contribution < -0.4 is 4.90 Å². The van der Waals surface area contributed by atoms with E-state index in [0.29, 0.717) is 6.07 Å². The number of carbonyl (C=O) groups is 1. The summed E-state index contributed by atoms with van der Waals surface area (Å²) in [5.41, 5.74) is -1.23. The zero-order chi connectivity index (χ0) is 14.9. The van der Waals surface area contributed by atoms with Crippen molar-refractivity contribution < 1.29 is 23.6 Å². The van der Waals surface area contributed by atoms with Crippen LogP contribution in [0.15, 0.2) is 12.1 Å². The molecule has 0 aliphatic heterocycles. The fourth-order valence-electron chi connectivity index (χ4n) is 1.99. The molecule has 1 saturated carbocycles. The molecule has 1 aromatic rings. The lowest BCUT2D eigenvalue weighted by Crippen LogP contribution is -2.33. The number of nitrogens with zero attached hydrogens (tertiary/aromatic N) is 2. The molecule has 6 nitrogen and oxygen atoms in total. The maximum Gasteiger partial charge on any atom is 0.323 e. The van der Waals surface area contributed by atoms with Crippen molar-refractivity contribution in [2.45, 2.75) is 12.8 Å². The summed E-state index contributed by atoms with van der Waals surface area (Å²) in [5.74, 6) is -3.72. The summed E-state index contributed by atoms with van der Waals surface area (Å²) in [7, 11) is 0. The SMILES string of the molecule is O=C(O)CN(CC1CC1)c1c([N+](=O)[O-])ccc(F)c1F. The molecule has 0 unspecified atom stereocenters. The van der Waals surface area contributed by atoms with E-state index in [1.54, 1.807) is 0 Å². The average molecular weight is 286 g/mol. The monoisotopic (exact) mass is 286 g/mol. The van der Waals surface area contributed by atoms with E-state index in [0.717, 1.165) is 23.8 Å². The van der Waals surface area contributed by atoms with Gasteiger partial charge >= 0.3 is 5.97 Å². The number of rotatable bonds is 6. The molecule has 0 spiro atoms. The highest BCUT2D eigenvalue weighted by Gasteiger charge is 2.32. The lowest BCUT2D eigenvalue weighted by Gasteiger charge is -2.23. The molecule has 1 aliphatic carbocycles. The second-order valence-electron chi connectivity index (χ2n) is 4.70.